The summed E-state index contributed by atoms with van der Waals surface area (Å²) in [7, 11) is -7.80. The van der Waals surface area contributed by atoms with Crippen molar-refractivity contribution in [3.05, 3.63) is 0 Å². The van der Waals surface area contributed by atoms with Gasteiger partial charge in [-0.3, -0.25) is 13.6 Å². The number of hydrogen-bond acceptors (Lipinski definition) is 3. The van der Waals surface area contributed by atoms with Crippen molar-refractivity contribution in [3.63, 3.8) is 0 Å². The van der Waals surface area contributed by atoms with Crippen molar-refractivity contribution < 1.29 is 40.1 Å². The Morgan fingerprint density at radius 1 is 1.15 bits per heavy atom. The summed E-state index contributed by atoms with van der Waals surface area (Å²) in [6.45, 7) is 0. The van der Waals surface area contributed by atoms with Crippen molar-refractivity contribution >= 4 is 154 Å². The van der Waals surface area contributed by atoms with Gasteiger partial charge in [-0.15, -0.1) is 0 Å². The van der Waals surface area contributed by atoms with Crippen LogP contribution in [0.2, 0.25) is 0 Å². The summed E-state index contributed by atoms with van der Waals surface area (Å²) in [4.78, 5) is 14.3. The van der Waals surface area contributed by atoms with E-state index in [1.807, 2.05) is 0 Å². The van der Waals surface area contributed by atoms with Crippen LogP contribution in [0, 0.1) is 0 Å². The van der Waals surface area contributed by atoms with E-state index in [1.165, 1.54) is 0 Å². The van der Waals surface area contributed by atoms with Gasteiger partial charge in [0.1, 0.15) is 0 Å². The summed E-state index contributed by atoms with van der Waals surface area (Å²) >= 11 is 0. The standard InChI is InChI=1S/Al.Ba.Mg.H2O4S.H2O3Si.Sr.9H/c;;;1-5(2,3)4;1-4(2)3;;;;;;;;;;/h;;;(H2,1,2,3,4);1-2H;;;;;;;;;;/q;2*+2;;;+2;;;;6*-1. The van der Waals surface area contributed by atoms with E-state index >= 15 is 0 Å². The maximum atomic E-state index is 8.74. The quantitative estimate of drug-likeness (QED) is 0.214. The molecule has 0 aliphatic rings. The minimum absolute atomic E-state index is 0. The molecule has 0 atom stereocenters. The van der Waals surface area contributed by atoms with Gasteiger partial charge in [-0.2, -0.15) is 8.42 Å². The van der Waals surface area contributed by atoms with Gasteiger partial charge in [-0.05, 0) is 0 Å². The molecule has 0 radical (unpaired) electrons. The first-order valence-corrected chi connectivity index (χ1v) is 4.05. The molecule has 0 aromatic heterocycles. The Balaban J connectivity index is -0.00000000340. The van der Waals surface area contributed by atoms with Crippen molar-refractivity contribution in [1.82, 2.24) is 0 Å². The molecule has 0 spiro atoms. The van der Waals surface area contributed by atoms with Crippen LogP contribution < -0.4 is 0 Å². The van der Waals surface area contributed by atoms with E-state index in [0.717, 1.165) is 0 Å². The average Bonchev–Trinajstić information content (AvgIpc) is 1.19. The first-order valence-electron chi connectivity index (χ1n) is 1.35. The molecule has 0 aliphatic carbocycles. The summed E-state index contributed by atoms with van der Waals surface area (Å²) < 4.78 is 40.3. The van der Waals surface area contributed by atoms with Crippen molar-refractivity contribution in [3.8, 4) is 0 Å². The minimum atomic E-state index is -4.67. The van der Waals surface area contributed by atoms with Gasteiger partial charge in [0.15, 0.2) is 17.4 Å². The molecule has 0 saturated heterocycles. The second-order valence-electron chi connectivity index (χ2n) is 0.730. The SMILES string of the molecule is O=S(=O)(O)O.O=[Si](O)O.[AlH3].[Ba+2].[H-].[H-].[H-].[H-].[H-].[H-].[Mg+2].[Sr+2]. The Morgan fingerprint density at radius 2 is 1.15 bits per heavy atom. The van der Waals surface area contributed by atoms with E-state index in [-0.39, 0.29) is 143 Å². The second-order valence-corrected chi connectivity index (χ2v) is 2.19. The zero-order chi connectivity index (χ0) is 8.08. The number of hydrogen-bond donors (Lipinski definition) is 4. The molecule has 0 amide bonds. The second kappa shape index (κ2) is 21.2. The molecule has 0 aromatic rings. The fourth-order valence-electron chi connectivity index (χ4n) is 0. The van der Waals surface area contributed by atoms with Gasteiger partial charge in [0.25, 0.3) is 0 Å². The van der Waals surface area contributed by atoms with Gasteiger partial charge >= 0.3 is 137 Å². The van der Waals surface area contributed by atoms with E-state index in [4.69, 9.17) is 31.6 Å². The third-order valence-corrected chi connectivity index (χ3v) is 0. The van der Waals surface area contributed by atoms with Crippen LogP contribution in [0.15, 0.2) is 0 Å². The third-order valence-electron chi connectivity index (χ3n) is 0. The topological polar surface area (TPSA) is 132 Å². The molecule has 0 bridgehead atoms. The number of rotatable bonds is 0. The summed E-state index contributed by atoms with van der Waals surface area (Å²) in [5.41, 5.74) is 0. The van der Waals surface area contributed by atoms with Gasteiger partial charge in [0.2, 0.25) is 0 Å². The van der Waals surface area contributed by atoms with Crippen LogP contribution >= 0.6 is 0 Å². The molecule has 74 valence electrons. The predicted octanol–water partition coefficient (Wildman–Crippen LogP) is -3.92. The van der Waals surface area contributed by atoms with Crippen molar-refractivity contribution in [2.45, 2.75) is 0 Å². The Labute approximate surface area is 190 Å². The van der Waals surface area contributed by atoms with E-state index in [9.17, 15) is 0 Å². The molecule has 0 aromatic carbocycles. The van der Waals surface area contributed by atoms with E-state index in [1.54, 1.807) is 0 Å². The Hall–Kier alpha value is 3.84. The van der Waals surface area contributed by atoms with E-state index in [2.05, 4.69) is 0 Å². The molecule has 13 heavy (non-hydrogen) atoms. The van der Waals surface area contributed by atoms with Crippen LogP contribution in [-0.4, -0.2) is 171 Å². The predicted molar refractivity (Wildman–Crippen MR) is 58.9 cm³/mol. The van der Waals surface area contributed by atoms with Crippen LogP contribution in [0.25, 0.3) is 0 Å². The molecule has 0 saturated carbocycles. The molecule has 0 heterocycles. The smallest absolute Gasteiger partial charge is 1.00 e. The monoisotopic (exact) mass is 462 g/mol. The van der Waals surface area contributed by atoms with Crippen LogP contribution in [0.3, 0.4) is 0 Å². The van der Waals surface area contributed by atoms with Crippen LogP contribution in [0.5, 0.6) is 0 Å². The van der Waals surface area contributed by atoms with Gasteiger partial charge in [-0.25, -0.2) is 0 Å². The molecule has 0 aliphatic heterocycles. The summed E-state index contributed by atoms with van der Waals surface area (Å²) in [6.07, 6.45) is 0. The molecular formula is H13AlBaMgO7SSiSr. The van der Waals surface area contributed by atoms with E-state index < -0.39 is 19.6 Å². The average molecular weight is 461 g/mol. The minimum Gasteiger partial charge on any atom is -1.00 e. The van der Waals surface area contributed by atoms with Crippen LogP contribution in [0.1, 0.15) is 8.56 Å². The van der Waals surface area contributed by atoms with Gasteiger partial charge in [0, 0.05) is 0 Å². The molecule has 0 unspecified atom stereocenters. The zero-order valence-corrected chi connectivity index (χ0v) is 17.2. The van der Waals surface area contributed by atoms with Gasteiger partial charge in [-0.1, -0.05) is 0 Å². The van der Waals surface area contributed by atoms with Gasteiger partial charge in [0.05, 0.1) is 0 Å². The molecule has 0 rings (SSSR count). The zero-order valence-electron chi connectivity index (χ0n) is 12.0. The first kappa shape index (κ1) is 36.0. The normalized spacial score (nSPS) is 6.31. The third kappa shape index (κ3) is 206. The molecule has 13 heteroatoms. The fourth-order valence-corrected chi connectivity index (χ4v) is 0. The summed E-state index contributed by atoms with van der Waals surface area (Å²) in [5.74, 6) is 0. The van der Waals surface area contributed by atoms with Crippen LogP contribution in [-0.2, 0) is 14.9 Å². The maximum absolute atomic E-state index is 8.74. The molecule has 7 nitrogen and oxygen atoms in total. The van der Waals surface area contributed by atoms with E-state index in [0.29, 0.717) is 0 Å². The summed E-state index contributed by atoms with van der Waals surface area (Å²) in [5, 5.41) is 0. The molecule has 4 N–H and O–H groups in total. The fraction of sp³-hybridized carbons (Fsp3) is 0. The van der Waals surface area contributed by atoms with Crippen molar-refractivity contribution in [2.24, 2.45) is 0 Å². The Kier molecular flexibility index (Phi) is 58.5. The molecule has 0 fully saturated rings. The summed E-state index contributed by atoms with van der Waals surface area (Å²) in [6, 6.07) is 0. The first-order chi connectivity index (χ1) is 3.73. The molecular weight excluding hydrogens is 448 g/mol. The van der Waals surface area contributed by atoms with Crippen LogP contribution in [0.4, 0.5) is 0 Å². The van der Waals surface area contributed by atoms with Gasteiger partial charge < -0.3 is 18.2 Å². The Bertz CT molecular complexity index is 188. The van der Waals surface area contributed by atoms with Crippen molar-refractivity contribution in [1.29, 1.82) is 0 Å². The maximum Gasteiger partial charge on any atom is 2.00 e. The Morgan fingerprint density at radius 3 is 1.15 bits per heavy atom. The largest absolute Gasteiger partial charge is 2.00 e. The van der Waals surface area contributed by atoms with Crippen molar-refractivity contribution in [2.75, 3.05) is 0 Å².